The van der Waals surface area contributed by atoms with E-state index in [-0.39, 0.29) is 0 Å². The van der Waals surface area contributed by atoms with E-state index in [1.807, 2.05) is 0 Å². The van der Waals surface area contributed by atoms with Gasteiger partial charge in [0.2, 0.25) is 0 Å². The maximum atomic E-state index is 3.41. The second-order valence-corrected chi connectivity index (χ2v) is 2.71. The monoisotopic (exact) mass is 176 g/mol. The highest BCUT2D eigenvalue weighted by Gasteiger charge is 1.96. The number of hydrogen-bond acceptors (Lipinski definition) is 0. The molecule has 0 atom stereocenters. The number of rotatable bonds is 2. The molecule has 0 aliphatic rings. The molecule has 0 saturated heterocycles. The summed E-state index contributed by atoms with van der Waals surface area (Å²) in [6.07, 6.45) is 2.17. The molecule has 0 unspecified atom stereocenters. The van der Waals surface area contributed by atoms with Crippen LogP contribution in [0.1, 0.15) is 20.8 Å². The van der Waals surface area contributed by atoms with Crippen LogP contribution in [0.2, 0.25) is 0 Å². The third-order valence-corrected chi connectivity index (χ3v) is 1.91. The van der Waals surface area contributed by atoms with Crippen molar-refractivity contribution in [2.24, 2.45) is 5.92 Å². The van der Waals surface area contributed by atoms with Gasteiger partial charge in [0, 0.05) is 5.33 Å². The third kappa shape index (κ3) is 2.51. The summed E-state index contributed by atoms with van der Waals surface area (Å²) in [4.78, 5) is 0. The highest BCUT2D eigenvalue weighted by Crippen LogP contribution is 2.10. The maximum Gasteiger partial charge on any atom is 0.0244 e. The Labute approximate surface area is 60.1 Å². The summed E-state index contributed by atoms with van der Waals surface area (Å²) in [5.41, 5.74) is 1.48. The van der Waals surface area contributed by atoms with Crippen LogP contribution in [0, 0.1) is 5.92 Å². The van der Waals surface area contributed by atoms with Gasteiger partial charge in [0.05, 0.1) is 0 Å². The van der Waals surface area contributed by atoms with Gasteiger partial charge in [0.25, 0.3) is 0 Å². The number of hydrogen-bond donors (Lipinski definition) is 0. The Morgan fingerprint density at radius 1 is 1.62 bits per heavy atom. The lowest BCUT2D eigenvalue weighted by molar-refractivity contribution is 0.772. The molecular formula is C7H13Br. The normalized spacial score (nSPS) is 12.9. The highest BCUT2D eigenvalue weighted by atomic mass is 79.9. The molecule has 0 bridgehead atoms. The molecule has 0 saturated carbocycles. The first-order valence-electron chi connectivity index (χ1n) is 2.93. The Kier molecular flexibility index (Phi) is 4.25. The molecule has 0 radical (unpaired) electrons. The number of halogens is 1. The summed E-state index contributed by atoms with van der Waals surface area (Å²) in [6.45, 7) is 6.49. The van der Waals surface area contributed by atoms with Crippen molar-refractivity contribution in [2.45, 2.75) is 20.8 Å². The van der Waals surface area contributed by atoms with E-state index >= 15 is 0 Å². The van der Waals surface area contributed by atoms with E-state index in [0.29, 0.717) is 5.92 Å². The lowest BCUT2D eigenvalue weighted by atomic mass is 10.1. The average Bonchev–Trinajstić information content (AvgIpc) is 1.69. The highest BCUT2D eigenvalue weighted by molar-refractivity contribution is 9.09. The Bertz CT molecular complexity index is 82.4. The van der Waals surface area contributed by atoms with Gasteiger partial charge in [-0.15, -0.1) is 0 Å². The lowest BCUT2D eigenvalue weighted by Crippen LogP contribution is -1.93. The second-order valence-electron chi connectivity index (χ2n) is 2.15. The molecule has 0 fully saturated rings. The lowest BCUT2D eigenvalue weighted by Gasteiger charge is -2.04. The molecule has 1 heteroatoms. The van der Waals surface area contributed by atoms with Gasteiger partial charge in [0.15, 0.2) is 0 Å². The predicted molar refractivity (Wildman–Crippen MR) is 42.4 cm³/mol. The summed E-state index contributed by atoms with van der Waals surface area (Å²) in [5.74, 6) is 0.694. The minimum atomic E-state index is 0.694. The SMILES string of the molecule is CC=C(CBr)C(C)C. The van der Waals surface area contributed by atoms with Crippen LogP contribution < -0.4 is 0 Å². The molecular weight excluding hydrogens is 164 g/mol. The van der Waals surface area contributed by atoms with Gasteiger partial charge in [-0.3, -0.25) is 0 Å². The Morgan fingerprint density at radius 2 is 2.12 bits per heavy atom. The van der Waals surface area contributed by atoms with Gasteiger partial charge < -0.3 is 0 Å². The summed E-state index contributed by atoms with van der Waals surface area (Å²) in [6, 6.07) is 0. The zero-order valence-corrected chi connectivity index (χ0v) is 7.33. The fourth-order valence-electron chi connectivity index (χ4n) is 0.565. The molecule has 0 spiro atoms. The van der Waals surface area contributed by atoms with Crippen LogP contribution in [0.25, 0.3) is 0 Å². The van der Waals surface area contributed by atoms with Crippen LogP contribution in [-0.4, -0.2) is 5.33 Å². The zero-order valence-electron chi connectivity index (χ0n) is 5.74. The largest absolute Gasteiger partial charge is 0.0880 e. The van der Waals surface area contributed by atoms with Gasteiger partial charge in [-0.2, -0.15) is 0 Å². The van der Waals surface area contributed by atoms with E-state index < -0.39 is 0 Å². The molecule has 0 aromatic heterocycles. The fraction of sp³-hybridized carbons (Fsp3) is 0.714. The van der Waals surface area contributed by atoms with Crippen LogP contribution in [0.4, 0.5) is 0 Å². The Hall–Kier alpha value is 0.220. The molecule has 0 aliphatic carbocycles. The van der Waals surface area contributed by atoms with Gasteiger partial charge in [0.1, 0.15) is 0 Å². The van der Waals surface area contributed by atoms with E-state index in [1.54, 1.807) is 0 Å². The first-order valence-corrected chi connectivity index (χ1v) is 4.05. The van der Waals surface area contributed by atoms with Crippen LogP contribution in [0.15, 0.2) is 11.6 Å². The molecule has 0 nitrogen and oxygen atoms in total. The standard InChI is InChI=1S/C7H13Br/c1-4-7(5-8)6(2)3/h4,6H,5H2,1-3H3. The first kappa shape index (κ1) is 8.22. The minimum absolute atomic E-state index is 0.694. The topological polar surface area (TPSA) is 0 Å². The molecule has 0 aliphatic heterocycles. The average molecular weight is 177 g/mol. The smallest absolute Gasteiger partial charge is 0.0244 e. The van der Waals surface area contributed by atoms with E-state index in [2.05, 4.69) is 42.8 Å². The van der Waals surface area contributed by atoms with Crippen LogP contribution in [0.5, 0.6) is 0 Å². The summed E-state index contributed by atoms with van der Waals surface area (Å²) in [5, 5.41) is 1.02. The molecule has 0 heterocycles. The second kappa shape index (κ2) is 4.13. The van der Waals surface area contributed by atoms with Crippen molar-refractivity contribution in [1.29, 1.82) is 0 Å². The molecule has 0 aromatic rings. The van der Waals surface area contributed by atoms with E-state index in [0.717, 1.165) is 5.33 Å². The van der Waals surface area contributed by atoms with Crippen LogP contribution in [-0.2, 0) is 0 Å². The summed E-state index contributed by atoms with van der Waals surface area (Å²) >= 11 is 3.41. The van der Waals surface area contributed by atoms with Crippen LogP contribution in [0.3, 0.4) is 0 Å². The van der Waals surface area contributed by atoms with E-state index in [1.165, 1.54) is 5.57 Å². The predicted octanol–water partition coefficient (Wildman–Crippen LogP) is 2.98. The molecule has 0 amide bonds. The van der Waals surface area contributed by atoms with Crippen molar-refractivity contribution in [3.63, 3.8) is 0 Å². The molecule has 0 aromatic carbocycles. The van der Waals surface area contributed by atoms with Crippen molar-refractivity contribution >= 4 is 15.9 Å². The number of allylic oxidation sites excluding steroid dienone is 2. The van der Waals surface area contributed by atoms with Gasteiger partial charge >= 0.3 is 0 Å². The Morgan fingerprint density at radius 3 is 2.12 bits per heavy atom. The fourth-order valence-corrected chi connectivity index (χ4v) is 1.54. The number of alkyl halides is 1. The van der Waals surface area contributed by atoms with Crippen molar-refractivity contribution < 1.29 is 0 Å². The van der Waals surface area contributed by atoms with Crippen molar-refractivity contribution in [1.82, 2.24) is 0 Å². The molecule has 0 rings (SSSR count). The van der Waals surface area contributed by atoms with Crippen LogP contribution >= 0.6 is 15.9 Å². The first-order chi connectivity index (χ1) is 3.72. The zero-order chi connectivity index (χ0) is 6.57. The molecule has 0 N–H and O–H groups in total. The Balaban J connectivity index is 3.72. The summed E-state index contributed by atoms with van der Waals surface area (Å²) < 4.78 is 0. The van der Waals surface area contributed by atoms with E-state index in [4.69, 9.17) is 0 Å². The van der Waals surface area contributed by atoms with Gasteiger partial charge in [-0.05, 0) is 12.8 Å². The van der Waals surface area contributed by atoms with Crippen molar-refractivity contribution in [3.05, 3.63) is 11.6 Å². The van der Waals surface area contributed by atoms with Crippen molar-refractivity contribution in [2.75, 3.05) is 5.33 Å². The molecule has 48 valence electrons. The third-order valence-electron chi connectivity index (χ3n) is 1.27. The molecule has 8 heavy (non-hydrogen) atoms. The van der Waals surface area contributed by atoms with Crippen molar-refractivity contribution in [3.8, 4) is 0 Å². The minimum Gasteiger partial charge on any atom is -0.0880 e. The van der Waals surface area contributed by atoms with Gasteiger partial charge in [-0.1, -0.05) is 41.4 Å². The van der Waals surface area contributed by atoms with Gasteiger partial charge in [-0.25, -0.2) is 0 Å². The maximum absolute atomic E-state index is 3.41. The van der Waals surface area contributed by atoms with E-state index in [9.17, 15) is 0 Å². The quantitative estimate of drug-likeness (QED) is 0.449. The summed E-state index contributed by atoms with van der Waals surface area (Å²) in [7, 11) is 0.